The van der Waals surface area contributed by atoms with Gasteiger partial charge in [-0.2, -0.15) is 0 Å². The van der Waals surface area contributed by atoms with E-state index in [4.69, 9.17) is 4.74 Å². The fourth-order valence-corrected chi connectivity index (χ4v) is 3.95. The molecule has 2 fully saturated rings. The van der Waals surface area contributed by atoms with Gasteiger partial charge in [0.05, 0.1) is 0 Å². The van der Waals surface area contributed by atoms with Crippen molar-refractivity contribution in [3.05, 3.63) is 29.8 Å². The van der Waals surface area contributed by atoms with Gasteiger partial charge in [0, 0.05) is 11.3 Å². The third-order valence-corrected chi connectivity index (χ3v) is 5.73. The third kappa shape index (κ3) is 4.34. The molecule has 0 radical (unpaired) electrons. The first-order chi connectivity index (χ1) is 14.2. The smallest absolute Gasteiger partial charge is 0.326 e. The lowest BCUT2D eigenvalue weighted by molar-refractivity contribution is -0.150. The number of Topliss-reactive ketones (excluding diaryl/α,β-unsaturated/α-hetero) is 1. The van der Waals surface area contributed by atoms with E-state index >= 15 is 0 Å². The number of imide groups is 1. The van der Waals surface area contributed by atoms with E-state index in [-0.39, 0.29) is 11.7 Å². The molecule has 1 aromatic carbocycles. The summed E-state index contributed by atoms with van der Waals surface area (Å²) >= 11 is 0. The molecule has 3 rings (SSSR count). The highest BCUT2D eigenvalue weighted by Crippen LogP contribution is 2.38. The van der Waals surface area contributed by atoms with Gasteiger partial charge in [-0.25, -0.2) is 4.79 Å². The van der Waals surface area contributed by atoms with Gasteiger partial charge in [-0.15, -0.1) is 0 Å². The fraction of sp³-hybridized carbons (Fsp3) is 0.476. The quantitative estimate of drug-likeness (QED) is 0.416. The van der Waals surface area contributed by atoms with Crippen LogP contribution >= 0.6 is 0 Å². The minimum Gasteiger partial charge on any atom is -0.454 e. The van der Waals surface area contributed by atoms with Crippen molar-refractivity contribution in [1.82, 2.24) is 10.2 Å². The normalized spacial score (nSPS) is 23.3. The Morgan fingerprint density at radius 2 is 1.90 bits per heavy atom. The zero-order valence-electron chi connectivity index (χ0n) is 17.0. The van der Waals surface area contributed by atoms with Crippen molar-refractivity contribution < 1.29 is 28.7 Å². The summed E-state index contributed by atoms with van der Waals surface area (Å²) in [6.07, 6.45) is 3.22. The molecule has 30 heavy (non-hydrogen) atoms. The predicted molar refractivity (Wildman–Crippen MR) is 107 cm³/mol. The zero-order valence-corrected chi connectivity index (χ0v) is 17.0. The number of ketones is 1. The number of anilines is 1. The van der Waals surface area contributed by atoms with Crippen molar-refractivity contribution >= 4 is 35.3 Å². The minimum absolute atomic E-state index is 0.0103. The maximum Gasteiger partial charge on any atom is 0.326 e. The lowest BCUT2D eigenvalue weighted by atomic mass is 9.73. The second kappa shape index (κ2) is 8.64. The number of hydrogen-bond donors (Lipinski definition) is 2. The summed E-state index contributed by atoms with van der Waals surface area (Å²) in [5.41, 5.74) is 0.0142. The lowest BCUT2D eigenvalue weighted by Crippen LogP contribution is -2.54. The van der Waals surface area contributed by atoms with Gasteiger partial charge >= 0.3 is 12.0 Å². The molecular weight excluding hydrogens is 390 g/mol. The van der Waals surface area contributed by atoms with Crippen LogP contribution in [0.4, 0.5) is 10.5 Å². The molecule has 160 valence electrons. The molecule has 9 heteroatoms. The zero-order chi connectivity index (χ0) is 21.9. The topological polar surface area (TPSA) is 122 Å². The van der Waals surface area contributed by atoms with Crippen molar-refractivity contribution in [1.29, 1.82) is 0 Å². The number of urea groups is 1. The molecule has 2 aliphatic rings. The summed E-state index contributed by atoms with van der Waals surface area (Å²) in [6.45, 7) is 2.26. The van der Waals surface area contributed by atoms with Gasteiger partial charge in [0.2, 0.25) is 0 Å². The van der Waals surface area contributed by atoms with E-state index in [1.165, 1.54) is 6.92 Å². The van der Waals surface area contributed by atoms with Crippen molar-refractivity contribution in [3.63, 3.8) is 0 Å². The first kappa shape index (κ1) is 21.5. The SMILES string of the molecule is CC(=O)c1ccc(NC(=O)COC(=O)CN2C(=O)N[C@]3(CCCC[C@H]3C)C2=O)cc1. The Labute approximate surface area is 174 Å². The largest absolute Gasteiger partial charge is 0.454 e. The molecular formula is C21H25N3O6. The molecule has 1 aliphatic carbocycles. The van der Waals surface area contributed by atoms with E-state index in [1.54, 1.807) is 24.3 Å². The van der Waals surface area contributed by atoms with Crippen LogP contribution in [0.1, 0.15) is 49.9 Å². The van der Waals surface area contributed by atoms with Crippen LogP contribution in [-0.2, 0) is 19.1 Å². The first-order valence-corrected chi connectivity index (χ1v) is 9.93. The van der Waals surface area contributed by atoms with Crippen LogP contribution in [0.2, 0.25) is 0 Å². The number of amides is 4. The van der Waals surface area contributed by atoms with E-state index in [0.29, 0.717) is 17.7 Å². The second-order valence-corrected chi connectivity index (χ2v) is 7.78. The number of esters is 1. The Bertz CT molecular complexity index is 881. The number of carbonyl (C=O) groups is 5. The van der Waals surface area contributed by atoms with E-state index in [9.17, 15) is 24.0 Å². The Balaban J connectivity index is 1.50. The van der Waals surface area contributed by atoms with Crippen molar-refractivity contribution in [2.75, 3.05) is 18.5 Å². The van der Waals surface area contributed by atoms with Crippen LogP contribution in [0, 0.1) is 5.92 Å². The highest BCUT2D eigenvalue weighted by molar-refractivity contribution is 6.09. The summed E-state index contributed by atoms with van der Waals surface area (Å²) in [6, 6.07) is 5.66. The Morgan fingerprint density at radius 1 is 1.20 bits per heavy atom. The maximum atomic E-state index is 12.8. The number of benzene rings is 1. The molecule has 2 N–H and O–H groups in total. The Morgan fingerprint density at radius 3 is 2.53 bits per heavy atom. The van der Waals surface area contributed by atoms with Gasteiger partial charge < -0.3 is 15.4 Å². The number of nitrogens with zero attached hydrogens (tertiary/aromatic N) is 1. The highest BCUT2D eigenvalue weighted by atomic mass is 16.5. The fourth-order valence-electron chi connectivity index (χ4n) is 3.95. The van der Waals surface area contributed by atoms with Crippen LogP contribution in [-0.4, -0.2) is 53.2 Å². The molecule has 0 bridgehead atoms. The summed E-state index contributed by atoms with van der Waals surface area (Å²) < 4.78 is 4.92. The lowest BCUT2D eigenvalue weighted by Gasteiger charge is -2.36. The van der Waals surface area contributed by atoms with E-state index in [0.717, 1.165) is 24.2 Å². The molecule has 4 amide bonds. The average Bonchev–Trinajstić information content (AvgIpc) is 2.94. The second-order valence-electron chi connectivity index (χ2n) is 7.78. The minimum atomic E-state index is -0.945. The first-order valence-electron chi connectivity index (χ1n) is 9.93. The van der Waals surface area contributed by atoms with Gasteiger partial charge in [-0.1, -0.05) is 19.8 Å². The van der Waals surface area contributed by atoms with Crippen LogP contribution in [0.25, 0.3) is 0 Å². The van der Waals surface area contributed by atoms with Crippen LogP contribution in [0.3, 0.4) is 0 Å². The molecule has 1 aromatic rings. The summed E-state index contributed by atoms with van der Waals surface area (Å²) in [5.74, 6) is -1.93. The molecule has 2 atom stereocenters. The van der Waals surface area contributed by atoms with E-state index in [1.807, 2.05) is 6.92 Å². The standard InChI is InChI=1S/C21H25N3O6/c1-13-5-3-4-10-21(13)19(28)24(20(29)23-21)11-18(27)30-12-17(26)22-16-8-6-15(7-9-16)14(2)25/h6-9,13H,3-5,10-12H2,1-2H3,(H,22,26)(H,23,29)/t13-,21+/m1/s1. The number of hydrogen-bond acceptors (Lipinski definition) is 6. The molecule has 1 spiro atoms. The molecule has 1 aliphatic heterocycles. The van der Waals surface area contributed by atoms with Crippen LogP contribution in [0.5, 0.6) is 0 Å². The third-order valence-electron chi connectivity index (χ3n) is 5.73. The van der Waals surface area contributed by atoms with Crippen LogP contribution in [0.15, 0.2) is 24.3 Å². The Hall–Kier alpha value is -3.23. The van der Waals surface area contributed by atoms with Gasteiger partial charge in [0.25, 0.3) is 11.8 Å². The number of nitrogens with one attached hydrogen (secondary N) is 2. The van der Waals surface area contributed by atoms with Gasteiger partial charge in [0.1, 0.15) is 12.1 Å². The van der Waals surface area contributed by atoms with Crippen LogP contribution < -0.4 is 10.6 Å². The number of carbonyl (C=O) groups excluding carboxylic acids is 5. The van der Waals surface area contributed by atoms with Crippen molar-refractivity contribution in [2.24, 2.45) is 5.92 Å². The molecule has 1 saturated carbocycles. The maximum absolute atomic E-state index is 12.8. The van der Waals surface area contributed by atoms with Crippen molar-refractivity contribution in [2.45, 2.75) is 45.1 Å². The monoisotopic (exact) mass is 415 g/mol. The molecule has 0 unspecified atom stereocenters. The van der Waals surface area contributed by atoms with Crippen molar-refractivity contribution in [3.8, 4) is 0 Å². The molecule has 1 heterocycles. The van der Waals surface area contributed by atoms with E-state index < -0.39 is 42.5 Å². The molecule has 9 nitrogen and oxygen atoms in total. The molecule has 0 aromatic heterocycles. The highest BCUT2D eigenvalue weighted by Gasteiger charge is 2.55. The summed E-state index contributed by atoms with van der Waals surface area (Å²) in [7, 11) is 0. The summed E-state index contributed by atoms with van der Waals surface area (Å²) in [5, 5.41) is 5.30. The van der Waals surface area contributed by atoms with Gasteiger partial charge in [-0.3, -0.25) is 24.1 Å². The van der Waals surface area contributed by atoms with Gasteiger partial charge in [0.15, 0.2) is 12.4 Å². The summed E-state index contributed by atoms with van der Waals surface area (Å²) in [4.78, 5) is 61.3. The predicted octanol–water partition coefficient (Wildman–Crippen LogP) is 1.87. The van der Waals surface area contributed by atoms with E-state index in [2.05, 4.69) is 10.6 Å². The Kier molecular flexibility index (Phi) is 6.19. The van der Waals surface area contributed by atoms with Gasteiger partial charge in [-0.05, 0) is 49.9 Å². The molecule has 1 saturated heterocycles. The number of rotatable bonds is 6. The number of ether oxygens (including phenoxy) is 1. The average molecular weight is 415 g/mol.